The van der Waals surface area contributed by atoms with Gasteiger partial charge >= 0.3 is 0 Å². The van der Waals surface area contributed by atoms with Gasteiger partial charge in [0.25, 0.3) is 0 Å². The van der Waals surface area contributed by atoms with Gasteiger partial charge in [0.15, 0.2) is 0 Å². The topological polar surface area (TPSA) is 71.9 Å². The van der Waals surface area contributed by atoms with Crippen molar-refractivity contribution < 1.29 is 4.74 Å². The van der Waals surface area contributed by atoms with Crippen LogP contribution in [0.5, 0.6) is 0 Å². The first-order valence-corrected chi connectivity index (χ1v) is 13.5. The Hall–Kier alpha value is -3.03. The molecule has 1 N–H and O–H groups in total. The number of ether oxygens (including phenoxy) is 1. The van der Waals surface area contributed by atoms with Crippen molar-refractivity contribution in [3.05, 3.63) is 54.4 Å². The Morgan fingerprint density at radius 2 is 1.72 bits per heavy atom. The number of fused-ring (bicyclic) bond motifs is 1. The van der Waals surface area contributed by atoms with Gasteiger partial charge in [-0.15, -0.1) is 0 Å². The SMILES string of the molecule is CCc1cc(-c2cnc3[nH]cc(-c4cnn(C5CCN(CC)CC5)c4)c3c2)cnc1C1CCOCC1. The van der Waals surface area contributed by atoms with E-state index in [2.05, 4.69) is 52.9 Å². The monoisotopic (exact) mass is 484 g/mol. The summed E-state index contributed by atoms with van der Waals surface area (Å²) < 4.78 is 7.74. The van der Waals surface area contributed by atoms with Gasteiger partial charge < -0.3 is 14.6 Å². The number of pyridine rings is 2. The minimum atomic E-state index is 0.480. The Balaban J connectivity index is 1.28. The minimum Gasteiger partial charge on any atom is -0.381 e. The van der Waals surface area contributed by atoms with Crippen molar-refractivity contribution in [3.8, 4) is 22.3 Å². The van der Waals surface area contributed by atoms with Crippen molar-refractivity contribution in [2.24, 2.45) is 0 Å². The molecule has 0 amide bonds. The predicted molar refractivity (Wildman–Crippen MR) is 143 cm³/mol. The number of H-pyrrole nitrogens is 1. The van der Waals surface area contributed by atoms with E-state index in [-0.39, 0.29) is 0 Å². The molecule has 6 rings (SSSR count). The zero-order chi connectivity index (χ0) is 24.5. The van der Waals surface area contributed by atoms with Crippen LogP contribution in [-0.4, -0.2) is 62.5 Å². The van der Waals surface area contributed by atoms with Crippen molar-refractivity contribution >= 4 is 11.0 Å². The number of nitrogens with zero attached hydrogens (tertiary/aromatic N) is 5. The molecule has 6 heterocycles. The molecule has 0 saturated carbocycles. The van der Waals surface area contributed by atoms with Crippen LogP contribution in [0.3, 0.4) is 0 Å². The van der Waals surface area contributed by atoms with Crippen LogP contribution in [0.25, 0.3) is 33.3 Å². The smallest absolute Gasteiger partial charge is 0.137 e. The van der Waals surface area contributed by atoms with Gasteiger partial charge in [-0.05, 0) is 56.3 Å². The van der Waals surface area contributed by atoms with Gasteiger partial charge in [-0.2, -0.15) is 5.10 Å². The molecule has 4 aromatic rings. The summed E-state index contributed by atoms with van der Waals surface area (Å²) in [5.41, 5.74) is 8.01. The molecule has 188 valence electrons. The first-order valence-electron chi connectivity index (χ1n) is 13.5. The van der Waals surface area contributed by atoms with Gasteiger partial charge in [-0.1, -0.05) is 13.8 Å². The number of likely N-dealkylation sites (tertiary alicyclic amines) is 1. The summed E-state index contributed by atoms with van der Waals surface area (Å²) in [6.07, 6.45) is 15.7. The van der Waals surface area contributed by atoms with Gasteiger partial charge in [0.1, 0.15) is 5.65 Å². The molecule has 0 aliphatic carbocycles. The van der Waals surface area contributed by atoms with Gasteiger partial charge in [0.2, 0.25) is 0 Å². The number of hydrogen-bond acceptors (Lipinski definition) is 5. The summed E-state index contributed by atoms with van der Waals surface area (Å²) in [6.45, 7) is 9.57. The van der Waals surface area contributed by atoms with Crippen molar-refractivity contribution in [3.63, 3.8) is 0 Å². The van der Waals surface area contributed by atoms with Crippen LogP contribution in [-0.2, 0) is 11.2 Å². The Labute approximate surface area is 212 Å². The second-order valence-electron chi connectivity index (χ2n) is 10.2. The molecule has 2 saturated heterocycles. The molecule has 0 aromatic carbocycles. The summed E-state index contributed by atoms with van der Waals surface area (Å²) in [5.74, 6) is 0.505. The number of aryl methyl sites for hydroxylation is 1. The highest BCUT2D eigenvalue weighted by Crippen LogP contribution is 2.34. The molecule has 7 heteroatoms. The van der Waals surface area contributed by atoms with E-state index >= 15 is 0 Å². The second-order valence-corrected chi connectivity index (χ2v) is 10.2. The number of hydrogen-bond donors (Lipinski definition) is 1. The quantitative estimate of drug-likeness (QED) is 0.386. The molecule has 2 aliphatic rings. The zero-order valence-corrected chi connectivity index (χ0v) is 21.4. The Morgan fingerprint density at radius 3 is 2.50 bits per heavy atom. The Bertz CT molecular complexity index is 1330. The van der Waals surface area contributed by atoms with Gasteiger partial charge in [0.05, 0.1) is 12.2 Å². The van der Waals surface area contributed by atoms with Gasteiger partial charge in [-0.3, -0.25) is 9.67 Å². The lowest BCUT2D eigenvalue weighted by molar-refractivity contribution is 0.0843. The molecule has 2 fully saturated rings. The number of aromatic nitrogens is 5. The highest BCUT2D eigenvalue weighted by molar-refractivity contribution is 5.95. The van der Waals surface area contributed by atoms with E-state index in [1.54, 1.807) is 0 Å². The summed E-state index contributed by atoms with van der Waals surface area (Å²) in [6, 6.07) is 5.04. The number of aromatic amines is 1. The van der Waals surface area contributed by atoms with E-state index < -0.39 is 0 Å². The fourth-order valence-electron chi connectivity index (χ4n) is 5.88. The molecule has 36 heavy (non-hydrogen) atoms. The standard InChI is InChI=1S/C29H36N6O/c1-3-20-13-22(15-30-28(20)21-7-11-36-12-8-21)23-14-26-27(18-32-29(26)31-16-23)24-17-33-35(19-24)25-5-9-34(4-2)10-6-25/h13-19,21,25H,3-12H2,1-2H3,(H,31,32). The second kappa shape index (κ2) is 10.1. The molecule has 2 aliphatic heterocycles. The van der Waals surface area contributed by atoms with E-state index in [0.29, 0.717) is 12.0 Å². The van der Waals surface area contributed by atoms with Crippen LogP contribution in [0.4, 0.5) is 0 Å². The number of rotatable bonds is 6. The van der Waals surface area contributed by atoms with Crippen molar-refractivity contribution in [1.29, 1.82) is 0 Å². The van der Waals surface area contributed by atoms with E-state index in [1.165, 1.54) is 11.3 Å². The fourth-order valence-corrected chi connectivity index (χ4v) is 5.88. The molecular formula is C29H36N6O. The van der Waals surface area contributed by atoms with E-state index in [4.69, 9.17) is 19.8 Å². The summed E-state index contributed by atoms with van der Waals surface area (Å²) >= 11 is 0. The van der Waals surface area contributed by atoms with E-state index in [0.717, 1.165) is 98.2 Å². The van der Waals surface area contributed by atoms with Crippen LogP contribution in [0.15, 0.2) is 43.1 Å². The van der Waals surface area contributed by atoms with Crippen molar-refractivity contribution in [1.82, 2.24) is 29.6 Å². The molecule has 0 unspecified atom stereocenters. The minimum absolute atomic E-state index is 0.480. The lowest BCUT2D eigenvalue weighted by atomic mass is 9.90. The maximum atomic E-state index is 5.57. The Kier molecular flexibility index (Phi) is 6.59. The summed E-state index contributed by atoms with van der Waals surface area (Å²) in [7, 11) is 0. The van der Waals surface area contributed by atoms with Crippen LogP contribution in [0.1, 0.15) is 62.7 Å². The van der Waals surface area contributed by atoms with Crippen molar-refractivity contribution in [2.45, 2.75) is 57.9 Å². The summed E-state index contributed by atoms with van der Waals surface area (Å²) in [4.78, 5) is 15.6. The number of piperidine rings is 1. The maximum absolute atomic E-state index is 5.57. The average Bonchev–Trinajstić information content (AvgIpc) is 3.60. The molecule has 0 radical (unpaired) electrons. The van der Waals surface area contributed by atoms with Crippen LogP contribution in [0.2, 0.25) is 0 Å². The average molecular weight is 485 g/mol. The van der Waals surface area contributed by atoms with Crippen LogP contribution in [0, 0.1) is 0 Å². The van der Waals surface area contributed by atoms with Crippen LogP contribution >= 0.6 is 0 Å². The third-order valence-electron chi connectivity index (χ3n) is 8.15. The molecule has 0 spiro atoms. The summed E-state index contributed by atoms with van der Waals surface area (Å²) in [5, 5.41) is 5.88. The predicted octanol–water partition coefficient (Wildman–Crippen LogP) is 5.60. The lowest BCUT2D eigenvalue weighted by Gasteiger charge is -2.31. The third-order valence-corrected chi connectivity index (χ3v) is 8.15. The Morgan fingerprint density at radius 1 is 0.944 bits per heavy atom. The fraction of sp³-hybridized carbons (Fsp3) is 0.483. The highest BCUT2D eigenvalue weighted by atomic mass is 16.5. The van der Waals surface area contributed by atoms with E-state index in [9.17, 15) is 0 Å². The normalized spacial score (nSPS) is 18.3. The third kappa shape index (κ3) is 4.46. The first kappa shape index (κ1) is 23.4. The number of nitrogens with one attached hydrogen (secondary N) is 1. The molecule has 7 nitrogen and oxygen atoms in total. The highest BCUT2D eigenvalue weighted by Gasteiger charge is 2.22. The lowest BCUT2D eigenvalue weighted by Crippen LogP contribution is -2.34. The van der Waals surface area contributed by atoms with E-state index in [1.807, 2.05) is 18.6 Å². The molecule has 0 atom stereocenters. The molecule has 4 aromatic heterocycles. The maximum Gasteiger partial charge on any atom is 0.137 e. The van der Waals surface area contributed by atoms with Gasteiger partial charge in [-0.25, -0.2) is 4.98 Å². The van der Waals surface area contributed by atoms with Crippen LogP contribution < -0.4 is 0 Å². The first-order chi connectivity index (χ1) is 17.7. The van der Waals surface area contributed by atoms with Crippen molar-refractivity contribution in [2.75, 3.05) is 32.8 Å². The zero-order valence-electron chi connectivity index (χ0n) is 21.4. The largest absolute Gasteiger partial charge is 0.381 e. The van der Waals surface area contributed by atoms with Gasteiger partial charge in [0, 0.05) is 90.3 Å². The molecular weight excluding hydrogens is 448 g/mol. The molecule has 0 bridgehead atoms.